The van der Waals surface area contributed by atoms with Crippen molar-refractivity contribution in [2.75, 3.05) is 18.0 Å². The van der Waals surface area contributed by atoms with Gasteiger partial charge in [-0.25, -0.2) is 4.68 Å². The highest BCUT2D eigenvalue weighted by atomic mass is 16.5. The van der Waals surface area contributed by atoms with Crippen LogP contribution in [-0.2, 0) is 6.54 Å². The molecule has 8 nitrogen and oxygen atoms in total. The molecule has 0 radical (unpaired) electrons. The quantitative estimate of drug-likeness (QED) is 0.530. The summed E-state index contributed by atoms with van der Waals surface area (Å²) in [6.45, 7) is 2.19. The van der Waals surface area contributed by atoms with Gasteiger partial charge in [0.05, 0.1) is 17.1 Å². The van der Waals surface area contributed by atoms with E-state index in [1.165, 1.54) is 10.4 Å². The van der Waals surface area contributed by atoms with Crippen molar-refractivity contribution < 1.29 is 4.52 Å². The zero-order valence-electron chi connectivity index (χ0n) is 15.5. The number of piperidine rings is 1. The van der Waals surface area contributed by atoms with Crippen LogP contribution in [0.15, 0.2) is 64.2 Å². The van der Waals surface area contributed by atoms with Gasteiger partial charge in [0.1, 0.15) is 6.54 Å². The molecule has 1 aromatic carbocycles. The summed E-state index contributed by atoms with van der Waals surface area (Å²) in [7, 11) is 0. The first kappa shape index (κ1) is 16.4. The van der Waals surface area contributed by atoms with E-state index in [4.69, 9.17) is 4.52 Å². The molecule has 29 heavy (non-hydrogen) atoms. The Morgan fingerprint density at radius 3 is 2.72 bits per heavy atom. The lowest BCUT2D eigenvalue weighted by Gasteiger charge is -2.21. The largest absolute Gasteiger partial charge is 0.371 e. The van der Waals surface area contributed by atoms with Crippen LogP contribution in [0.3, 0.4) is 0 Å². The number of fused-ring (bicyclic) bond motifs is 2. The molecule has 144 valence electrons. The maximum Gasteiger partial charge on any atom is 0.276 e. The molecule has 0 spiro atoms. The fourth-order valence-electron chi connectivity index (χ4n) is 4.48. The Kier molecular flexibility index (Phi) is 3.53. The minimum absolute atomic E-state index is 0.162. The molecule has 8 heteroatoms. The van der Waals surface area contributed by atoms with Crippen LogP contribution in [0.4, 0.5) is 5.69 Å². The van der Waals surface area contributed by atoms with E-state index in [9.17, 15) is 4.79 Å². The Balaban J connectivity index is 1.17. The number of nitrogens with zero attached hydrogens (tertiary/aromatic N) is 6. The van der Waals surface area contributed by atoms with Crippen LogP contribution in [0.5, 0.6) is 0 Å². The van der Waals surface area contributed by atoms with Gasteiger partial charge in [0.15, 0.2) is 5.82 Å². The normalized spacial score (nSPS) is 22.8. The lowest BCUT2D eigenvalue weighted by molar-refractivity contribution is 0.358. The first-order valence-corrected chi connectivity index (χ1v) is 9.71. The summed E-state index contributed by atoms with van der Waals surface area (Å²) < 4.78 is 6.76. The molecular weight excluding hydrogens is 368 g/mol. The molecule has 0 unspecified atom stereocenters. The second kappa shape index (κ2) is 6.23. The molecule has 3 aromatic heterocycles. The highest BCUT2D eigenvalue weighted by Gasteiger charge is 2.58. The fraction of sp³-hybridized carbons (Fsp3) is 0.286. The van der Waals surface area contributed by atoms with Crippen LogP contribution >= 0.6 is 0 Å². The number of pyridine rings is 1. The van der Waals surface area contributed by atoms with Crippen LogP contribution in [-0.4, -0.2) is 38.0 Å². The summed E-state index contributed by atoms with van der Waals surface area (Å²) in [5, 5.41) is 8.89. The van der Waals surface area contributed by atoms with Gasteiger partial charge in [-0.1, -0.05) is 23.4 Å². The van der Waals surface area contributed by atoms with E-state index in [-0.39, 0.29) is 12.1 Å². The Bertz CT molecular complexity index is 1240. The van der Waals surface area contributed by atoms with Gasteiger partial charge in [0.2, 0.25) is 5.89 Å². The molecule has 2 fully saturated rings. The van der Waals surface area contributed by atoms with E-state index in [1.807, 2.05) is 6.07 Å². The van der Waals surface area contributed by atoms with E-state index in [0.29, 0.717) is 34.5 Å². The van der Waals surface area contributed by atoms with Crippen molar-refractivity contribution in [2.24, 2.45) is 11.8 Å². The number of hydrogen-bond acceptors (Lipinski definition) is 7. The summed E-state index contributed by atoms with van der Waals surface area (Å²) >= 11 is 0. The van der Waals surface area contributed by atoms with Crippen LogP contribution in [0.1, 0.15) is 17.6 Å². The maximum atomic E-state index is 12.6. The van der Waals surface area contributed by atoms with Gasteiger partial charge in [0, 0.05) is 30.9 Å². The molecule has 6 rings (SSSR count). The first-order valence-electron chi connectivity index (χ1n) is 9.71. The highest BCUT2D eigenvalue weighted by molar-refractivity contribution is 5.75. The fourth-order valence-corrected chi connectivity index (χ4v) is 4.48. The second-order valence-corrected chi connectivity index (χ2v) is 7.68. The van der Waals surface area contributed by atoms with Crippen molar-refractivity contribution in [1.29, 1.82) is 0 Å². The van der Waals surface area contributed by atoms with Crippen molar-refractivity contribution in [3.8, 4) is 0 Å². The summed E-state index contributed by atoms with van der Waals surface area (Å²) in [5.41, 5.74) is 1.63. The van der Waals surface area contributed by atoms with E-state index >= 15 is 0 Å². The number of hydrogen-bond donors (Lipinski definition) is 0. The molecule has 0 bridgehead atoms. The number of para-hydroxylation sites is 1. The average molecular weight is 386 g/mol. The van der Waals surface area contributed by atoms with Crippen LogP contribution in [0, 0.1) is 11.8 Å². The summed E-state index contributed by atoms with van der Waals surface area (Å²) in [5.74, 6) is 2.63. The van der Waals surface area contributed by atoms with Crippen molar-refractivity contribution in [2.45, 2.75) is 12.5 Å². The van der Waals surface area contributed by atoms with Gasteiger partial charge < -0.3 is 9.42 Å². The van der Waals surface area contributed by atoms with Crippen molar-refractivity contribution in [3.05, 3.63) is 76.9 Å². The molecule has 1 saturated carbocycles. The number of anilines is 1. The lowest BCUT2D eigenvalue weighted by Crippen LogP contribution is -2.24. The third-order valence-electron chi connectivity index (χ3n) is 6.01. The standard InChI is InChI=1S/C21H18N6O2/c28-21-14-7-4-8-22-17(14)9-23-27(21)12-18-24-20(25-29-18)19-15-10-26(11-16(15)19)13-5-2-1-3-6-13/h1-9,15-16,19H,10-12H2/t15-,16+,19+. The maximum absolute atomic E-state index is 12.6. The molecule has 1 aliphatic carbocycles. The van der Waals surface area contributed by atoms with E-state index < -0.39 is 0 Å². The molecule has 0 N–H and O–H groups in total. The van der Waals surface area contributed by atoms with Gasteiger partial charge in [0.25, 0.3) is 5.56 Å². The van der Waals surface area contributed by atoms with Gasteiger partial charge in [-0.3, -0.25) is 9.78 Å². The van der Waals surface area contributed by atoms with E-state index in [0.717, 1.165) is 18.9 Å². The van der Waals surface area contributed by atoms with Crippen LogP contribution in [0.2, 0.25) is 0 Å². The van der Waals surface area contributed by atoms with Gasteiger partial charge in [-0.05, 0) is 36.1 Å². The Morgan fingerprint density at radius 2 is 1.90 bits per heavy atom. The summed E-state index contributed by atoms with van der Waals surface area (Å²) in [4.78, 5) is 23.7. The molecule has 1 aliphatic heterocycles. The molecule has 4 aromatic rings. The highest BCUT2D eigenvalue weighted by Crippen LogP contribution is 2.57. The molecule has 4 heterocycles. The SMILES string of the molecule is O=c1c2cccnc2cnn1Cc1nc([C@H]2[C@@H]3CN(c4ccccc4)C[C@@H]32)no1. The molecule has 1 saturated heterocycles. The van der Waals surface area contributed by atoms with Gasteiger partial charge in [-0.15, -0.1) is 0 Å². The van der Waals surface area contributed by atoms with E-state index in [1.54, 1.807) is 24.5 Å². The van der Waals surface area contributed by atoms with Crippen LogP contribution in [0.25, 0.3) is 10.9 Å². The second-order valence-electron chi connectivity index (χ2n) is 7.68. The number of aromatic nitrogens is 5. The monoisotopic (exact) mass is 386 g/mol. The topological polar surface area (TPSA) is 89.9 Å². The molecule has 0 amide bonds. The predicted octanol–water partition coefficient (Wildman–Crippen LogP) is 2.07. The summed E-state index contributed by atoms with van der Waals surface area (Å²) in [6.07, 6.45) is 3.22. The minimum atomic E-state index is -0.211. The average Bonchev–Trinajstić information content (AvgIpc) is 3.11. The zero-order chi connectivity index (χ0) is 19.4. The summed E-state index contributed by atoms with van der Waals surface area (Å²) in [6, 6.07) is 14.0. The Labute approximate surface area is 165 Å². The van der Waals surface area contributed by atoms with Gasteiger partial charge >= 0.3 is 0 Å². The number of rotatable bonds is 4. The zero-order valence-corrected chi connectivity index (χ0v) is 15.5. The lowest BCUT2D eigenvalue weighted by atomic mass is 10.2. The van der Waals surface area contributed by atoms with Gasteiger partial charge in [-0.2, -0.15) is 10.1 Å². The van der Waals surface area contributed by atoms with Crippen molar-refractivity contribution >= 4 is 16.6 Å². The van der Waals surface area contributed by atoms with Crippen LogP contribution < -0.4 is 10.5 Å². The number of benzene rings is 1. The first-order chi connectivity index (χ1) is 14.3. The Morgan fingerprint density at radius 1 is 1.07 bits per heavy atom. The van der Waals surface area contributed by atoms with Crippen molar-refractivity contribution in [3.63, 3.8) is 0 Å². The Hall–Kier alpha value is -3.55. The molecular formula is C21H18N6O2. The third-order valence-corrected chi connectivity index (χ3v) is 6.01. The van der Waals surface area contributed by atoms with Crippen molar-refractivity contribution in [1.82, 2.24) is 24.9 Å². The predicted molar refractivity (Wildman–Crippen MR) is 106 cm³/mol. The molecule has 2 aliphatic rings. The molecule has 3 atom stereocenters. The smallest absolute Gasteiger partial charge is 0.276 e. The third kappa shape index (κ3) is 2.71. The minimum Gasteiger partial charge on any atom is -0.371 e. The van der Waals surface area contributed by atoms with E-state index in [2.05, 4.69) is 49.4 Å².